The highest BCUT2D eigenvalue weighted by Crippen LogP contribution is 2.11. The van der Waals surface area contributed by atoms with Gasteiger partial charge in [-0.1, -0.05) is 19.8 Å². The van der Waals surface area contributed by atoms with Crippen LogP contribution in [-0.4, -0.2) is 72.5 Å². The highest BCUT2D eigenvalue weighted by Gasteiger charge is 2.26. The number of hydrogen-bond acceptors (Lipinski definition) is 9. The van der Waals surface area contributed by atoms with Crippen molar-refractivity contribution in [3.05, 3.63) is 0 Å². The second-order valence-electron chi connectivity index (χ2n) is 10.2. The molecule has 0 aliphatic carbocycles. The van der Waals surface area contributed by atoms with E-state index in [-0.39, 0.29) is 6.61 Å². The fourth-order valence-electron chi connectivity index (χ4n) is 3.19. The minimum absolute atomic E-state index is 0.145. The number of nitrogens with one attached hydrogen (secondary N) is 1. The van der Waals surface area contributed by atoms with E-state index >= 15 is 0 Å². The Bertz CT molecular complexity index is 842. The largest absolute Gasteiger partial charge is 0.458 e. The first-order chi connectivity index (χ1) is 17.6. The Morgan fingerprint density at radius 3 is 2.13 bits per heavy atom. The number of amidine groups is 2. The third-order valence-corrected chi connectivity index (χ3v) is 4.81. The quantitative estimate of drug-likeness (QED) is 0.0876. The standard InChI is InChI=1S/C26H48N6O6/c1-9-10-13-22(24(34)37-20(5)31-19(4)28)30-17(2)16-36-23(33)21(14-11-12-15-29-18(3)27)32-25(35)38-26(6,7)8/h20-22H,9-16H2,1-8H3,(H2,27,29)(H2,28,31)(H,32,35). The summed E-state index contributed by atoms with van der Waals surface area (Å²) < 4.78 is 16.1. The lowest BCUT2D eigenvalue weighted by Crippen LogP contribution is -2.44. The van der Waals surface area contributed by atoms with E-state index in [2.05, 4.69) is 20.3 Å². The summed E-state index contributed by atoms with van der Waals surface area (Å²) in [6.07, 6.45) is 2.28. The van der Waals surface area contributed by atoms with Gasteiger partial charge in [0.1, 0.15) is 24.3 Å². The molecule has 0 aromatic rings. The molecule has 3 atom stereocenters. The van der Waals surface area contributed by atoms with Gasteiger partial charge in [0.2, 0.25) is 0 Å². The molecule has 0 aromatic carbocycles. The molecule has 0 aliphatic heterocycles. The Hall–Kier alpha value is -3.18. The Labute approximate surface area is 227 Å². The molecule has 0 heterocycles. The molecule has 0 saturated heterocycles. The van der Waals surface area contributed by atoms with Gasteiger partial charge in [0.05, 0.1) is 11.7 Å². The second kappa shape index (κ2) is 18.1. The van der Waals surface area contributed by atoms with E-state index in [9.17, 15) is 14.4 Å². The molecule has 0 aromatic heterocycles. The van der Waals surface area contributed by atoms with E-state index in [1.54, 1.807) is 48.5 Å². The first-order valence-electron chi connectivity index (χ1n) is 13.1. The van der Waals surface area contributed by atoms with E-state index in [0.29, 0.717) is 49.6 Å². The van der Waals surface area contributed by atoms with Gasteiger partial charge in [-0.05, 0) is 74.1 Å². The Morgan fingerprint density at radius 2 is 1.58 bits per heavy atom. The average molecular weight is 541 g/mol. The normalized spacial score (nSPS) is 15.3. The van der Waals surface area contributed by atoms with Crippen LogP contribution in [0.1, 0.15) is 93.9 Å². The Kier molecular flexibility index (Phi) is 16.6. The highest BCUT2D eigenvalue weighted by atomic mass is 16.6. The number of aliphatic imine (C=N–C) groups is 3. The second-order valence-corrected chi connectivity index (χ2v) is 10.2. The third kappa shape index (κ3) is 18.1. The van der Waals surface area contributed by atoms with Crippen molar-refractivity contribution in [1.29, 1.82) is 0 Å². The molecule has 0 bridgehead atoms. The number of esters is 2. The molecule has 218 valence electrons. The maximum atomic E-state index is 12.8. The lowest BCUT2D eigenvalue weighted by molar-refractivity contribution is -0.149. The van der Waals surface area contributed by atoms with E-state index in [1.165, 1.54) is 0 Å². The number of alkyl carbamates (subject to hydrolysis) is 1. The summed E-state index contributed by atoms with van der Waals surface area (Å²) in [4.78, 5) is 50.4. The van der Waals surface area contributed by atoms with Crippen LogP contribution in [0.3, 0.4) is 0 Å². The van der Waals surface area contributed by atoms with Crippen molar-refractivity contribution in [2.75, 3.05) is 13.2 Å². The molecule has 3 unspecified atom stereocenters. The maximum Gasteiger partial charge on any atom is 0.408 e. The molecule has 0 fully saturated rings. The molecule has 0 spiro atoms. The first kappa shape index (κ1) is 34.8. The van der Waals surface area contributed by atoms with Crippen LogP contribution in [0, 0.1) is 0 Å². The summed E-state index contributed by atoms with van der Waals surface area (Å²) in [5, 5.41) is 2.59. The minimum Gasteiger partial charge on any atom is -0.458 e. The number of carbonyl (C=O) groups is 3. The number of hydrogen-bond donors (Lipinski definition) is 3. The van der Waals surface area contributed by atoms with Crippen LogP contribution in [0.5, 0.6) is 0 Å². The third-order valence-electron chi connectivity index (χ3n) is 4.81. The molecule has 0 rings (SSSR count). The Morgan fingerprint density at radius 1 is 0.921 bits per heavy atom. The maximum absolute atomic E-state index is 12.8. The van der Waals surface area contributed by atoms with E-state index in [4.69, 9.17) is 25.7 Å². The summed E-state index contributed by atoms with van der Waals surface area (Å²) in [5.74, 6) is -0.362. The molecule has 12 heteroatoms. The van der Waals surface area contributed by atoms with Crippen molar-refractivity contribution in [3.63, 3.8) is 0 Å². The monoisotopic (exact) mass is 540 g/mol. The number of amides is 1. The predicted octanol–water partition coefficient (Wildman–Crippen LogP) is 3.26. The van der Waals surface area contributed by atoms with Crippen LogP contribution in [0.15, 0.2) is 15.0 Å². The smallest absolute Gasteiger partial charge is 0.408 e. The number of carbonyl (C=O) groups excluding carboxylic acids is 3. The number of nitrogens with zero attached hydrogens (tertiary/aromatic N) is 3. The topological polar surface area (TPSA) is 180 Å². The fraction of sp³-hybridized carbons (Fsp3) is 0.769. The lowest BCUT2D eigenvalue weighted by atomic mass is 10.1. The number of unbranched alkanes of at least 4 members (excludes halogenated alkanes) is 2. The summed E-state index contributed by atoms with van der Waals surface area (Å²) in [6.45, 7) is 14.2. The summed E-state index contributed by atoms with van der Waals surface area (Å²) in [7, 11) is 0. The van der Waals surface area contributed by atoms with Crippen molar-refractivity contribution in [2.24, 2.45) is 26.4 Å². The minimum atomic E-state index is -0.917. The summed E-state index contributed by atoms with van der Waals surface area (Å²) in [5.41, 5.74) is 10.8. The van der Waals surface area contributed by atoms with Crippen molar-refractivity contribution < 1.29 is 28.6 Å². The zero-order valence-electron chi connectivity index (χ0n) is 24.3. The molecular weight excluding hydrogens is 492 g/mol. The average Bonchev–Trinajstić information content (AvgIpc) is 2.76. The molecule has 0 radical (unpaired) electrons. The first-order valence-corrected chi connectivity index (χ1v) is 13.1. The number of rotatable bonds is 16. The van der Waals surface area contributed by atoms with Crippen LogP contribution in [0.2, 0.25) is 0 Å². The van der Waals surface area contributed by atoms with E-state index < -0.39 is 41.9 Å². The number of nitrogens with two attached hydrogens (primary N) is 2. The molecule has 0 saturated carbocycles. The molecule has 38 heavy (non-hydrogen) atoms. The van der Waals surface area contributed by atoms with Gasteiger partial charge in [0.25, 0.3) is 0 Å². The zero-order valence-corrected chi connectivity index (χ0v) is 24.3. The van der Waals surface area contributed by atoms with Gasteiger partial charge in [0, 0.05) is 12.3 Å². The number of ether oxygens (including phenoxy) is 3. The zero-order chi connectivity index (χ0) is 29.3. The molecule has 1 amide bonds. The van der Waals surface area contributed by atoms with Gasteiger partial charge in [-0.2, -0.15) is 0 Å². The fourth-order valence-corrected chi connectivity index (χ4v) is 3.19. The van der Waals surface area contributed by atoms with Crippen LogP contribution in [-0.2, 0) is 23.8 Å². The molecule has 5 N–H and O–H groups in total. The molecule has 12 nitrogen and oxygen atoms in total. The molecule has 0 aliphatic rings. The van der Waals surface area contributed by atoms with Gasteiger partial charge in [-0.15, -0.1) is 0 Å². The lowest BCUT2D eigenvalue weighted by Gasteiger charge is -2.23. The van der Waals surface area contributed by atoms with Crippen molar-refractivity contribution in [3.8, 4) is 0 Å². The van der Waals surface area contributed by atoms with E-state index in [1.807, 2.05) is 6.92 Å². The molecular formula is C26H48N6O6. The predicted molar refractivity (Wildman–Crippen MR) is 149 cm³/mol. The summed E-state index contributed by atoms with van der Waals surface area (Å²) >= 11 is 0. The van der Waals surface area contributed by atoms with Gasteiger partial charge in [-0.25, -0.2) is 19.4 Å². The van der Waals surface area contributed by atoms with Crippen LogP contribution in [0.4, 0.5) is 4.79 Å². The SMILES string of the molecule is CCCCC(N=C(C)COC(=O)C(CCCCN=C(C)N)NC(=O)OC(C)(C)C)C(=O)OC(C)/N=C(/C)N. The van der Waals surface area contributed by atoms with E-state index in [0.717, 1.165) is 12.8 Å². The van der Waals surface area contributed by atoms with Crippen LogP contribution in [0.25, 0.3) is 0 Å². The van der Waals surface area contributed by atoms with Crippen molar-refractivity contribution in [2.45, 2.75) is 118 Å². The van der Waals surface area contributed by atoms with Gasteiger partial charge in [0.15, 0.2) is 6.23 Å². The van der Waals surface area contributed by atoms with Crippen molar-refractivity contribution in [1.82, 2.24) is 5.32 Å². The summed E-state index contributed by atoms with van der Waals surface area (Å²) in [6, 6.07) is -1.67. The van der Waals surface area contributed by atoms with Gasteiger partial charge >= 0.3 is 18.0 Å². The van der Waals surface area contributed by atoms with Crippen molar-refractivity contribution >= 4 is 35.4 Å². The van der Waals surface area contributed by atoms with Gasteiger partial charge < -0.3 is 31.0 Å². The highest BCUT2D eigenvalue weighted by molar-refractivity contribution is 5.89. The Balaban J connectivity index is 5.30. The van der Waals surface area contributed by atoms with Crippen LogP contribution < -0.4 is 16.8 Å². The van der Waals surface area contributed by atoms with Gasteiger partial charge in [-0.3, -0.25) is 9.98 Å². The van der Waals surface area contributed by atoms with Crippen LogP contribution >= 0.6 is 0 Å².